The molecule has 0 radical (unpaired) electrons. The summed E-state index contributed by atoms with van der Waals surface area (Å²) in [5.74, 6) is 1.14. The highest BCUT2D eigenvalue weighted by molar-refractivity contribution is 6.30. The van der Waals surface area contributed by atoms with Gasteiger partial charge in [0, 0.05) is 16.1 Å². The first-order valence-corrected chi connectivity index (χ1v) is 10.2. The lowest BCUT2D eigenvalue weighted by atomic mass is 10.1. The summed E-state index contributed by atoms with van der Waals surface area (Å²) in [6.45, 7) is 2.70. The van der Waals surface area contributed by atoms with Gasteiger partial charge in [0.2, 0.25) is 5.90 Å². The van der Waals surface area contributed by atoms with E-state index in [0.717, 1.165) is 16.9 Å². The van der Waals surface area contributed by atoms with E-state index in [-0.39, 0.29) is 11.6 Å². The highest BCUT2D eigenvalue weighted by Crippen LogP contribution is 2.28. The summed E-state index contributed by atoms with van der Waals surface area (Å²) in [4.78, 5) is 16.6. The Kier molecular flexibility index (Phi) is 6.34. The standard InChI is InChI=1S/C25H20ClNO4/c1-17-7-5-6-10-22(17)29-13-14-30-23-12-11-20(26)15-19(23)16-21-25(28)31-24(27-21)18-8-3-2-4-9-18/h2-12,15-16H,13-14H2,1H3/b21-16+. The molecule has 0 bridgehead atoms. The van der Waals surface area contributed by atoms with Crippen LogP contribution in [-0.4, -0.2) is 25.1 Å². The van der Waals surface area contributed by atoms with Crippen LogP contribution >= 0.6 is 11.6 Å². The van der Waals surface area contributed by atoms with Gasteiger partial charge < -0.3 is 14.2 Å². The number of carbonyl (C=O) groups excluding carboxylic acids is 1. The molecule has 0 amide bonds. The highest BCUT2D eigenvalue weighted by atomic mass is 35.5. The Labute approximate surface area is 185 Å². The van der Waals surface area contributed by atoms with Crippen LogP contribution in [0.5, 0.6) is 11.5 Å². The minimum absolute atomic E-state index is 0.183. The maximum absolute atomic E-state index is 12.3. The third-order valence-corrected chi connectivity index (χ3v) is 4.83. The molecule has 0 saturated heterocycles. The van der Waals surface area contributed by atoms with Crippen LogP contribution in [0.3, 0.4) is 0 Å². The van der Waals surface area contributed by atoms with Gasteiger partial charge in [-0.2, -0.15) is 0 Å². The molecule has 4 rings (SSSR count). The second-order valence-electron chi connectivity index (χ2n) is 6.85. The predicted molar refractivity (Wildman–Crippen MR) is 121 cm³/mol. The van der Waals surface area contributed by atoms with Crippen molar-refractivity contribution >= 4 is 29.5 Å². The van der Waals surface area contributed by atoms with Crippen LogP contribution in [0.25, 0.3) is 6.08 Å². The molecule has 6 heteroatoms. The Morgan fingerprint density at radius 2 is 1.65 bits per heavy atom. The van der Waals surface area contributed by atoms with Crippen molar-refractivity contribution in [3.8, 4) is 11.5 Å². The molecule has 0 aromatic heterocycles. The van der Waals surface area contributed by atoms with Crippen molar-refractivity contribution < 1.29 is 19.0 Å². The summed E-state index contributed by atoms with van der Waals surface area (Å²) in [5.41, 5.74) is 2.61. The normalized spacial score (nSPS) is 14.3. The fourth-order valence-corrected chi connectivity index (χ4v) is 3.23. The van der Waals surface area contributed by atoms with Crippen molar-refractivity contribution in [2.24, 2.45) is 4.99 Å². The van der Waals surface area contributed by atoms with Crippen LogP contribution < -0.4 is 9.47 Å². The van der Waals surface area contributed by atoms with Gasteiger partial charge >= 0.3 is 5.97 Å². The number of aryl methyl sites for hydroxylation is 1. The fraction of sp³-hybridized carbons (Fsp3) is 0.120. The molecule has 3 aromatic carbocycles. The van der Waals surface area contributed by atoms with Crippen molar-refractivity contribution in [2.75, 3.05) is 13.2 Å². The number of ether oxygens (including phenoxy) is 3. The lowest BCUT2D eigenvalue weighted by molar-refractivity contribution is -0.129. The molecule has 0 unspecified atom stereocenters. The molecule has 156 valence electrons. The van der Waals surface area contributed by atoms with Crippen molar-refractivity contribution in [2.45, 2.75) is 6.92 Å². The Morgan fingerprint density at radius 1 is 0.935 bits per heavy atom. The van der Waals surface area contributed by atoms with Gasteiger partial charge in [0.1, 0.15) is 24.7 Å². The molecule has 0 N–H and O–H groups in total. The molecule has 0 fully saturated rings. The number of esters is 1. The summed E-state index contributed by atoms with van der Waals surface area (Å²) >= 11 is 6.16. The summed E-state index contributed by atoms with van der Waals surface area (Å²) < 4.78 is 17.0. The van der Waals surface area contributed by atoms with Gasteiger partial charge in [0.05, 0.1) is 0 Å². The molecule has 5 nitrogen and oxygen atoms in total. The molecule has 0 aliphatic carbocycles. The van der Waals surface area contributed by atoms with Crippen molar-refractivity contribution in [3.05, 3.63) is 100 Å². The summed E-state index contributed by atoms with van der Waals surface area (Å²) in [6, 6.07) is 22.3. The molecule has 0 atom stereocenters. The van der Waals surface area contributed by atoms with Crippen LogP contribution in [0, 0.1) is 6.92 Å². The second-order valence-corrected chi connectivity index (χ2v) is 7.28. The maximum Gasteiger partial charge on any atom is 0.363 e. The Bertz CT molecular complexity index is 1160. The highest BCUT2D eigenvalue weighted by Gasteiger charge is 2.24. The molecule has 1 heterocycles. The molecular weight excluding hydrogens is 414 g/mol. The number of nitrogens with zero attached hydrogens (tertiary/aromatic N) is 1. The average molecular weight is 434 g/mol. The zero-order chi connectivity index (χ0) is 21.6. The molecule has 0 saturated carbocycles. The van der Waals surface area contributed by atoms with Crippen molar-refractivity contribution in [3.63, 3.8) is 0 Å². The fourth-order valence-electron chi connectivity index (χ4n) is 3.05. The lowest BCUT2D eigenvalue weighted by Gasteiger charge is -2.12. The van der Waals surface area contributed by atoms with Gasteiger partial charge in [-0.05, 0) is 55.0 Å². The summed E-state index contributed by atoms with van der Waals surface area (Å²) in [7, 11) is 0. The van der Waals surface area contributed by atoms with E-state index in [4.69, 9.17) is 25.8 Å². The molecule has 3 aromatic rings. The Morgan fingerprint density at radius 3 is 2.42 bits per heavy atom. The van der Waals surface area contributed by atoms with E-state index in [2.05, 4.69) is 4.99 Å². The second kappa shape index (κ2) is 9.49. The number of hydrogen-bond acceptors (Lipinski definition) is 5. The van der Waals surface area contributed by atoms with Crippen LogP contribution in [-0.2, 0) is 9.53 Å². The third-order valence-electron chi connectivity index (χ3n) is 4.60. The number of rotatable bonds is 7. The van der Waals surface area contributed by atoms with Crippen LogP contribution in [0.4, 0.5) is 0 Å². The van der Waals surface area contributed by atoms with Crippen LogP contribution in [0.2, 0.25) is 5.02 Å². The van der Waals surface area contributed by atoms with Gasteiger partial charge in [-0.25, -0.2) is 9.79 Å². The van der Waals surface area contributed by atoms with E-state index in [1.165, 1.54) is 0 Å². The first-order chi connectivity index (χ1) is 15.1. The third kappa shape index (κ3) is 5.13. The zero-order valence-electron chi connectivity index (χ0n) is 16.9. The lowest BCUT2D eigenvalue weighted by Crippen LogP contribution is -2.10. The SMILES string of the molecule is Cc1ccccc1OCCOc1ccc(Cl)cc1/C=C1/N=C(c2ccccc2)OC1=O. The zero-order valence-corrected chi connectivity index (χ0v) is 17.6. The predicted octanol–water partition coefficient (Wildman–Crippen LogP) is 5.45. The quantitative estimate of drug-likeness (QED) is 0.282. The molecule has 1 aliphatic heterocycles. The summed E-state index contributed by atoms with van der Waals surface area (Å²) in [6.07, 6.45) is 1.61. The Balaban J connectivity index is 1.48. The first-order valence-electron chi connectivity index (χ1n) is 9.79. The number of para-hydroxylation sites is 1. The Hall–Kier alpha value is -3.57. The van der Waals surface area contributed by atoms with E-state index < -0.39 is 5.97 Å². The largest absolute Gasteiger partial charge is 0.490 e. The van der Waals surface area contributed by atoms with Gasteiger partial charge in [0.25, 0.3) is 0 Å². The van der Waals surface area contributed by atoms with Gasteiger partial charge in [-0.3, -0.25) is 0 Å². The topological polar surface area (TPSA) is 57.1 Å². The van der Waals surface area contributed by atoms with E-state index in [0.29, 0.717) is 29.5 Å². The van der Waals surface area contributed by atoms with E-state index in [1.807, 2.05) is 61.5 Å². The van der Waals surface area contributed by atoms with Gasteiger partial charge in [0.15, 0.2) is 5.70 Å². The number of aliphatic imine (C=N–C) groups is 1. The van der Waals surface area contributed by atoms with Crippen molar-refractivity contribution in [1.29, 1.82) is 0 Å². The molecule has 1 aliphatic rings. The van der Waals surface area contributed by atoms with Crippen LogP contribution in [0.1, 0.15) is 16.7 Å². The molecule has 31 heavy (non-hydrogen) atoms. The number of halogens is 1. The van der Waals surface area contributed by atoms with E-state index >= 15 is 0 Å². The van der Waals surface area contributed by atoms with Gasteiger partial charge in [-0.1, -0.05) is 48.0 Å². The first kappa shape index (κ1) is 20.7. The maximum atomic E-state index is 12.3. The molecule has 0 spiro atoms. The number of carbonyl (C=O) groups is 1. The monoisotopic (exact) mass is 433 g/mol. The van der Waals surface area contributed by atoms with Crippen LogP contribution in [0.15, 0.2) is 83.5 Å². The number of hydrogen-bond donors (Lipinski definition) is 0. The average Bonchev–Trinajstić information content (AvgIpc) is 3.14. The molecular formula is C25H20ClNO4. The summed E-state index contributed by atoms with van der Waals surface area (Å²) in [5, 5.41) is 0.522. The minimum Gasteiger partial charge on any atom is -0.490 e. The van der Waals surface area contributed by atoms with Gasteiger partial charge in [-0.15, -0.1) is 0 Å². The minimum atomic E-state index is -0.521. The van der Waals surface area contributed by atoms with E-state index in [1.54, 1.807) is 24.3 Å². The smallest absolute Gasteiger partial charge is 0.363 e. The van der Waals surface area contributed by atoms with E-state index in [9.17, 15) is 4.79 Å². The number of cyclic esters (lactones) is 1. The van der Waals surface area contributed by atoms with Crippen molar-refractivity contribution in [1.82, 2.24) is 0 Å². The number of benzene rings is 3.